The smallest absolute Gasteiger partial charge is 0.227 e. The van der Waals surface area contributed by atoms with Gasteiger partial charge in [0.2, 0.25) is 5.95 Å². The Balaban J connectivity index is 1.39. The first kappa shape index (κ1) is 15.4. The van der Waals surface area contributed by atoms with E-state index < -0.39 is 0 Å². The fourth-order valence-corrected chi connectivity index (χ4v) is 4.03. The standard InChI is InChI=1S/C22H22N4/c1-3-7-19-15-25(13-10-17(19)5-1)21-9-12-23-22(24-21)26-14-11-18-6-2-4-8-20(18)16-26/h1-9,12H,10-11,13-16H2. The van der Waals surface area contributed by atoms with Crippen LogP contribution in [0.2, 0.25) is 0 Å². The lowest BCUT2D eigenvalue weighted by Crippen LogP contribution is -2.34. The summed E-state index contributed by atoms with van der Waals surface area (Å²) in [6.45, 7) is 3.80. The SMILES string of the molecule is c1ccc2c(c1)CCN(c1ccnc(N3CCc4ccccc4C3)n1)C2. The Kier molecular flexibility index (Phi) is 3.81. The summed E-state index contributed by atoms with van der Waals surface area (Å²) >= 11 is 0. The maximum Gasteiger partial charge on any atom is 0.227 e. The van der Waals surface area contributed by atoms with Crippen molar-refractivity contribution in [1.82, 2.24) is 9.97 Å². The monoisotopic (exact) mass is 342 g/mol. The highest BCUT2D eigenvalue weighted by Crippen LogP contribution is 2.26. The van der Waals surface area contributed by atoms with Gasteiger partial charge in [-0.15, -0.1) is 0 Å². The predicted molar refractivity (Wildman–Crippen MR) is 104 cm³/mol. The van der Waals surface area contributed by atoms with E-state index in [0.29, 0.717) is 0 Å². The maximum atomic E-state index is 4.91. The van der Waals surface area contributed by atoms with Crippen molar-refractivity contribution in [1.29, 1.82) is 0 Å². The molecular weight excluding hydrogens is 320 g/mol. The summed E-state index contributed by atoms with van der Waals surface area (Å²) in [7, 11) is 0. The quantitative estimate of drug-likeness (QED) is 0.712. The molecule has 4 nitrogen and oxygen atoms in total. The second-order valence-corrected chi connectivity index (χ2v) is 7.10. The average Bonchev–Trinajstić information content (AvgIpc) is 2.73. The zero-order valence-corrected chi connectivity index (χ0v) is 14.8. The number of benzene rings is 2. The number of hydrogen-bond donors (Lipinski definition) is 0. The van der Waals surface area contributed by atoms with Crippen LogP contribution in [0.3, 0.4) is 0 Å². The minimum absolute atomic E-state index is 0.843. The van der Waals surface area contributed by atoms with Crippen molar-refractivity contribution in [2.45, 2.75) is 25.9 Å². The average molecular weight is 342 g/mol. The third-order valence-electron chi connectivity index (χ3n) is 5.50. The molecule has 0 saturated heterocycles. The lowest BCUT2D eigenvalue weighted by atomic mass is 10.00. The minimum Gasteiger partial charge on any atom is -0.352 e. The Morgan fingerprint density at radius 3 is 1.92 bits per heavy atom. The predicted octanol–water partition coefficient (Wildman–Crippen LogP) is 3.60. The van der Waals surface area contributed by atoms with Gasteiger partial charge in [-0.3, -0.25) is 0 Å². The lowest BCUT2D eigenvalue weighted by Gasteiger charge is -2.32. The van der Waals surface area contributed by atoms with Crippen LogP contribution in [-0.4, -0.2) is 23.1 Å². The second-order valence-electron chi connectivity index (χ2n) is 7.10. The van der Waals surface area contributed by atoms with Crippen molar-refractivity contribution in [2.24, 2.45) is 0 Å². The summed E-state index contributed by atoms with van der Waals surface area (Å²) in [6, 6.07) is 19.4. The van der Waals surface area contributed by atoms with Gasteiger partial charge in [0.15, 0.2) is 0 Å². The third kappa shape index (κ3) is 2.81. The second kappa shape index (κ2) is 6.45. The van der Waals surface area contributed by atoms with Gasteiger partial charge in [0.25, 0.3) is 0 Å². The van der Waals surface area contributed by atoms with Crippen LogP contribution in [0.15, 0.2) is 60.8 Å². The summed E-state index contributed by atoms with van der Waals surface area (Å²) in [4.78, 5) is 14.1. The molecule has 1 aromatic heterocycles. The van der Waals surface area contributed by atoms with E-state index >= 15 is 0 Å². The number of anilines is 2. The van der Waals surface area contributed by atoms with Crippen molar-refractivity contribution >= 4 is 11.8 Å². The Morgan fingerprint density at radius 2 is 1.23 bits per heavy atom. The molecular formula is C22H22N4. The minimum atomic E-state index is 0.843. The van der Waals surface area contributed by atoms with Crippen LogP contribution in [0.25, 0.3) is 0 Å². The fraction of sp³-hybridized carbons (Fsp3) is 0.273. The van der Waals surface area contributed by atoms with E-state index in [1.807, 2.05) is 12.3 Å². The molecule has 0 bridgehead atoms. The molecule has 5 rings (SSSR count). The molecule has 0 fully saturated rings. The van der Waals surface area contributed by atoms with Gasteiger partial charge in [0, 0.05) is 32.4 Å². The Hall–Kier alpha value is -2.88. The van der Waals surface area contributed by atoms with Gasteiger partial charge in [-0.1, -0.05) is 48.5 Å². The van der Waals surface area contributed by atoms with Crippen LogP contribution >= 0.6 is 0 Å². The van der Waals surface area contributed by atoms with Crippen LogP contribution in [0.4, 0.5) is 11.8 Å². The van der Waals surface area contributed by atoms with Gasteiger partial charge in [-0.25, -0.2) is 4.98 Å². The van der Waals surface area contributed by atoms with Gasteiger partial charge in [-0.05, 0) is 41.2 Å². The largest absolute Gasteiger partial charge is 0.352 e. The molecule has 0 amide bonds. The van der Waals surface area contributed by atoms with Gasteiger partial charge < -0.3 is 9.80 Å². The van der Waals surface area contributed by atoms with Crippen molar-refractivity contribution in [3.63, 3.8) is 0 Å². The van der Waals surface area contributed by atoms with Crippen molar-refractivity contribution < 1.29 is 0 Å². The van der Waals surface area contributed by atoms with Gasteiger partial charge in [0.1, 0.15) is 5.82 Å². The van der Waals surface area contributed by atoms with Crippen LogP contribution in [0.5, 0.6) is 0 Å². The summed E-state index contributed by atoms with van der Waals surface area (Å²) in [5.74, 6) is 1.87. The molecule has 0 unspecified atom stereocenters. The highest BCUT2D eigenvalue weighted by atomic mass is 15.3. The number of hydrogen-bond acceptors (Lipinski definition) is 4. The first-order valence-electron chi connectivity index (χ1n) is 9.33. The van der Waals surface area contributed by atoms with Gasteiger partial charge in [-0.2, -0.15) is 4.98 Å². The molecule has 2 aliphatic rings. The number of rotatable bonds is 2. The van der Waals surface area contributed by atoms with E-state index in [-0.39, 0.29) is 0 Å². The number of aromatic nitrogens is 2. The number of nitrogens with zero attached hydrogens (tertiary/aromatic N) is 4. The molecule has 0 saturated carbocycles. The van der Waals surface area contributed by atoms with Crippen molar-refractivity contribution in [3.05, 3.63) is 83.0 Å². The fourth-order valence-electron chi connectivity index (χ4n) is 4.03. The number of fused-ring (bicyclic) bond motifs is 2. The molecule has 2 aromatic carbocycles. The van der Waals surface area contributed by atoms with Crippen LogP contribution in [-0.2, 0) is 25.9 Å². The topological polar surface area (TPSA) is 32.3 Å². The summed E-state index contributed by atoms with van der Waals surface area (Å²) in [5, 5.41) is 0. The van der Waals surface area contributed by atoms with Crippen LogP contribution in [0.1, 0.15) is 22.3 Å². The van der Waals surface area contributed by atoms with E-state index in [2.05, 4.69) is 63.3 Å². The molecule has 0 atom stereocenters. The van der Waals surface area contributed by atoms with Crippen LogP contribution in [0, 0.1) is 0 Å². The van der Waals surface area contributed by atoms with E-state index in [1.54, 1.807) is 0 Å². The summed E-state index contributed by atoms with van der Waals surface area (Å²) in [6.07, 6.45) is 4.03. The van der Waals surface area contributed by atoms with E-state index in [4.69, 9.17) is 4.98 Å². The molecule has 26 heavy (non-hydrogen) atoms. The lowest BCUT2D eigenvalue weighted by molar-refractivity contribution is 0.692. The zero-order chi connectivity index (χ0) is 17.3. The Labute approximate surface area is 154 Å². The molecule has 0 aliphatic carbocycles. The maximum absolute atomic E-state index is 4.91. The molecule has 0 radical (unpaired) electrons. The normalized spacial score (nSPS) is 16.2. The Morgan fingerprint density at radius 1 is 0.654 bits per heavy atom. The van der Waals surface area contributed by atoms with Crippen molar-refractivity contribution in [2.75, 3.05) is 22.9 Å². The molecule has 0 N–H and O–H groups in total. The molecule has 4 heteroatoms. The van der Waals surface area contributed by atoms with Crippen molar-refractivity contribution in [3.8, 4) is 0 Å². The molecule has 3 heterocycles. The van der Waals surface area contributed by atoms with E-state index in [1.165, 1.54) is 22.3 Å². The first-order valence-corrected chi connectivity index (χ1v) is 9.33. The summed E-state index contributed by atoms with van der Waals surface area (Å²) in [5.41, 5.74) is 5.71. The molecule has 2 aliphatic heterocycles. The highest BCUT2D eigenvalue weighted by molar-refractivity contribution is 5.48. The van der Waals surface area contributed by atoms with Gasteiger partial charge in [0.05, 0.1) is 0 Å². The van der Waals surface area contributed by atoms with E-state index in [0.717, 1.165) is 50.8 Å². The van der Waals surface area contributed by atoms with Crippen LogP contribution < -0.4 is 9.80 Å². The van der Waals surface area contributed by atoms with Gasteiger partial charge >= 0.3 is 0 Å². The highest BCUT2D eigenvalue weighted by Gasteiger charge is 2.21. The third-order valence-corrected chi connectivity index (χ3v) is 5.50. The summed E-state index contributed by atoms with van der Waals surface area (Å²) < 4.78 is 0. The molecule has 130 valence electrons. The Bertz CT molecular complexity index is 864. The molecule has 3 aromatic rings. The first-order chi connectivity index (χ1) is 12.9. The van der Waals surface area contributed by atoms with E-state index in [9.17, 15) is 0 Å². The zero-order valence-electron chi connectivity index (χ0n) is 14.8. The molecule has 0 spiro atoms.